The van der Waals surface area contributed by atoms with Gasteiger partial charge in [0, 0.05) is 29.5 Å². The molecule has 0 radical (unpaired) electrons. The van der Waals surface area contributed by atoms with Crippen molar-refractivity contribution in [1.29, 1.82) is 0 Å². The van der Waals surface area contributed by atoms with Gasteiger partial charge in [0.1, 0.15) is 6.10 Å². The van der Waals surface area contributed by atoms with E-state index in [4.69, 9.17) is 16.3 Å². The van der Waals surface area contributed by atoms with E-state index in [1.807, 2.05) is 22.9 Å². The predicted molar refractivity (Wildman–Crippen MR) is 75.7 cm³/mol. The van der Waals surface area contributed by atoms with E-state index in [1.54, 1.807) is 13.2 Å². The van der Waals surface area contributed by atoms with Crippen molar-refractivity contribution in [3.05, 3.63) is 43.7 Å². The lowest BCUT2D eigenvalue weighted by Gasteiger charge is -2.14. The quantitative estimate of drug-likeness (QED) is 0.916. The highest BCUT2D eigenvalue weighted by Crippen LogP contribution is 2.28. The Kier molecular flexibility index (Phi) is 4.77. The van der Waals surface area contributed by atoms with Crippen molar-refractivity contribution in [2.45, 2.75) is 6.10 Å². The van der Waals surface area contributed by atoms with Crippen LogP contribution in [0.25, 0.3) is 0 Å². The molecule has 1 atom stereocenters. The van der Waals surface area contributed by atoms with Crippen LogP contribution in [0, 0.1) is 0 Å². The van der Waals surface area contributed by atoms with Crippen LogP contribution in [0.4, 0.5) is 0 Å². The molecule has 2 aromatic heterocycles. The van der Waals surface area contributed by atoms with Crippen LogP contribution in [0.1, 0.15) is 21.3 Å². The first-order valence-corrected chi connectivity index (χ1v) is 7.43. The van der Waals surface area contributed by atoms with E-state index in [0.29, 0.717) is 12.1 Å². The Morgan fingerprint density at radius 2 is 2.33 bits per heavy atom. The molecule has 0 aliphatic rings. The summed E-state index contributed by atoms with van der Waals surface area (Å²) in [5.74, 6) is -0.0825. The molecule has 0 fully saturated rings. The maximum atomic E-state index is 11.8. The van der Waals surface area contributed by atoms with Crippen LogP contribution in [0.3, 0.4) is 0 Å². The average molecular weight is 302 g/mol. The van der Waals surface area contributed by atoms with Crippen molar-refractivity contribution in [1.82, 2.24) is 5.32 Å². The number of amides is 1. The molecule has 1 amide bonds. The molecule has 2 aromatic rings. The first kappa shape index (κ1) is 13.5. The summed E-state index contributed by atoms with van der Waals surface area (Å²) in [5.41, 5.74) is 0.680. The first-order valence-electron chi connectivity index (χ1n) is 5.29. The number of carbonyl (C=O) groups is 1. The molecule has 0 aliphatic heterocycles. The standard InChI is InChI=1S/C12H12ClNO2S2/c1-16-9(10-2-3-11(13)18-10)6-14-12(15)8-4-5-17-7-8/h2-5,7,9H,6H2,1H3,(H,14,15)/t9-/m0/s1. The number of thiophene rings is 2. The highest BCUT2D eigenvalue weighted by molar-refractivity contribution is 7.16. The number of carbonyl (C=O) groups excluding carboxylic acids is 1. The zero-order valence-corrected chi connectivity index (χ0v) is 12.1. The molecule has 0 spiro atoms. The van der Waals surface area contributed by atoms with E-state index >= 15 is 0 Å². The number of methoxy groups -OCH3 is 1. The van der Waals surface area contributed by atoms with Gasteiger partial charge in [0.05, 0.1) is 4.34 Å². The fraction of sp³-hybridized carbons (Fsp3) is 0.250. The Morgan fingerprint density at radius 3 is 2.89 bits per heavy atom. The molecule has 3 nitrogen and oxygen atoms in total. The monoisotopic (exact) mass is 301 g/mol. The van der Waals surface area contributed by atoms with E-state index in [9.17, 15) is 4.79 Å². The van der Waals surface area contributed by atoms with Crippen molar-refractivity contribution < 1.29 is 9.53 Å². The van der Waals surface area contributed by atoms with Crippen molar-refractivity contribution in [3.8, 4) is 0 Å². The van der Waals surface area contributed by atoms with Gasteiger partial charge in [-0.2, -0.15) is 11.3 Å². The Hall–Kier alpha value is -0.880. The molecule has 96 valence electrons. The summed E-state index contributed by atoms with van der Waals surface area (Å²) in [6.07, 6.45) is -0.162. The number of rotatable bonds is 5. The zero-order valence-electron chi connectivity index (χ0n) is 9.68. The van der Waals surface area contributed by atoms with Crippen LogP contribution in [-0.4, -0.2) is 19.6 Å². The summed E-state index contributed by atoms with van der Waals surface area (Å²) in [6, 6.07) is 5.54. The first-order chi connectivity index (χ1) is 8.70. The zero-order chi connectivity index (χ0) is 13.0. The van der Waals surface area contributed by atoms with Crippen LogP contribution >= 0.6 is 34.3 Å². The molecule has 2 rings (SSSR count). The van der Waals surface area contributed by atoms with Crippen molar-refractivity contribution >= 4 is 40.2 Å². The fourth-order valence-electron chi connectivity index (χ4n) is 1.48. The predicted octanol–water partition coefficient (Wildman–Crippen LogP) is 3.58. The van der Waals surface area contributed by atoms with Gasteiger partial charge in [-0.1, -0.05) is 11.6 Å². The van der Waals surface area contributed by atoms with Gasteiger partial charge in [-0.15, -0.1) is 11.3 Å². The average Bonchev–Trinajstić information content (AvgIpc) is 3.01. The minimum atomic E-state index is -0.162. The van der Waals surface area contributed by atoms with Gasteiger partial charge in [0.15, 0.2) is 0 Å². The lowest BCUT2D eigenvalue weighted by Crippen LogP contribution is -2.28. The van der Waals surface area contributed by atoms with Gasteiger partial charge in [-0.05, 0) is 23.6 Å². The third kappa shape index (κ3) is 3.32. The third-order valence-corrected chi connectivity index (χ3v) is 4.43. The molecule has 18 heavy (non-hydrogen) atoms. The fourth-order valence-corrected chi connectivity index (χ4v) is 3.26. The van der Waals surface area contributed by atoms with Crippen LogP contribution in [0.15, 0.2) is 29.0 Å². The van der Waals surface area contributed by atoms with Crippen LogP contribution in [0.5, 0.6) is 0 Å². The molecule has 0 saturated heterocycles. The summed E-state index contributed by atoms with van der Waals surface area (Å²) in [6.45, 7) is 0.433. The van der Waals surface area contributed by atoms with Gasteiger partial charge >= 0.3 is 0 Å². The summed E-state index contributed by atoms with van der Waals surface area (Å²) in [5, 5.41) is 6.55. The minimum absolute atomic E-state index is 0.0825. The highest BCUT2D eigenvalue weighted by atomic mass is 35.5. The molecular formula is C12H12ClNO2S2. The summed E-state index contributed by atoms with van der Waals surface area (Å²) >= 11 is 8.84. The number of nitrogens with one attached hydrogen (secondary N) is 1. The lowest BCUT2D eigenvalue weighted by molar-refractivity contribution is 0.0838. The van der Waals surface area contributed by atoms with E-state index in [2.05, 4.69) is 5.32 Å². The minimum Gasteiger partial charge on any atom is -0.374 e. The third-order valence-electron chi connectivity index (χ3n) is 2.43. The normalized spacial score (nSPS) is 12.3. The lowest BCUT2D eigenvalue weighted by atomic mass is 10.2. The number of hydrogen-bond acceptors (Lipinski definition) is 4. The van der Waals surface area contributed by atoms with E-state index in [-0.39, 0.29) is 12.0 Å². The maximum Gasteiger partial charge on any atom is 0.252 e. The molecule has 0 aromatic carbocycles. The van der Waals surface area contributed by atoms with Crippen LogP contribution in [0.2, 0.25) is 4.34 Å². The van der Waals surface area contributed by atoms with Gasteiger partial charge in [0.25, 0.3) is 5.91 Å². The number of hydrogen-bond donors (Lipinski definition) is 1. The number of ether oxygens (including phenoxy) is 1. The van der Waals surface area contributed by atoms with Crippen molar-refractivity contribution in [2.24, 2.45) is 0 Å². The van der Waals surface area contributed by atoms with Gasteiger partial charge in [-0.25, -0.2) is 0 Å². The van der Waals surface area contributed by atoms with Gasteiger partial charge < -0.3 is 10.1 Å². The topological polar surface area (TPSA) is 38.3 Å². The summed E-state index contributed by atoms with van der Waals surface area (Å²) in [7, 11) is 1.62. The Balaban J connectivity index is 1.94. The SMILES string of the molecule is CO[C@@H](CNC(=O)c1ccsc1)c1ccc(Cl)s1. The second-order valence-corrected chi connectivity index (χ2v) is 6.11. The molecule has 1 N–H and O–H groups in total. The second-order valence-electron chi connectivity index (χ2n) is 3.59. The Morgan fingerprint density at radius 1 is 1.50 bits per heavy atom. The molecule has 0 bridgehead atoms. The van der Waals surface area contributed by atoms with E-state index in [0.717, 1.165) is 9.21 Å². The smallest absolute Gasteiger partial charge is 0.252 e. The van der Waals surface area contributed by atoms with Crippen molar-refractivity contribution in [3.63, 3.8) is 0 Å². The molecule has 0 saturated carbocycles. The molecular weight excluding hydrogens is 290 g/mol. The van der Waals surface area contributed by atoms with Gasteiger partial charge in [-0.3, -0.25) is 4.79 Å². The van der Waals surface area contributed by atoms with Crippen molar-refractivity contribution in [2.75, 3.05) is 13.7 Å². The summed E-state index contributed by atoms with van der Waals surface area (Å²) in [4.78, 5) is 12.8. The molecule has 6 heteroatoms. The Bertz CT molecular complexity index is 510. The molecule has 0 unspecified atom stereocenters. The largest absolute Gasteiger partial charge is 0.374 e. The molecule has 0 aliphatic carbocycles. The number of halogens is 1. The van der Waals surface area contributed by atoms with E-state index < -0.39 is 0 Å². The van der Waals surface area contributed by atoms with Gasteiger partial charge in [0.2, 0.25) is 0 Å². The maximum absolute atomic E-state index is 11.8. The molecule has 2 heterocycles. The highest BCUT2D eigenvalue weighted by Gasteiger charge is 2.15. The van der Waals surface area contributed by atoms with Crippen LogP contribution in [-0.2, 0) is 4.74 Å². The van der Waals surface area contributed by atoms with E-state index in [1.165, 1.54) is 22.7 Å². The second kappa shape index (κ2) is 6.33. The Labute approximate surface area is 118 Å². The van der Waals surface area contributed by atoms with Crippen LogP contribution < -0.4 is 5.32 Å². The summed E-state index contributed by atoms with van der Waals surface area (Å²) < 4.78 is 6.08.